The molecule has 1 heteroatoms. The van der Waals surface area contributed by atoms with E-state index in [1.165, 1.54) is 5.56 Å². The zero-order valence-electron chi connectivity index (χ0n) is 6.99. The number of ether oxygens (including phenoxy) is 1. The summed E-state index contributed by atoms with van der Waals surface area (Å²) in [5.41, 5.74) is 1.29. The fourth-order valence-electron chi connectivity index (χ4n) is 1.38. The van der Waals surface area contributed by atoms with Crippen LogP contribution in [0.25, 0.3) is 0 Å². The van der Waals surface area contributed by atoms with Gasteiger partial charge in [0.15, 0.2) is 0 Å². The molecule has 1 aromatic rings. The molecule has 1 aliphatic heterocycles. The molecule has 0 radical (unpaired) electrons. The van der Waals surface area contributed by atoms with Gasteiger partial charge in [0.25, 0.3) is 0 Å². The zero-order valence-corrected chi connectivity index (χ0v) is 6.99. The number of benzene rings is 1. The number of para-hydroxylation sites is 1. The van der Waals surface area contributed by atoms with Crippen LogP contribution in [0.5, 0.6) is 5.75 Å². The van der Waals surface area contributed by atoms with E-state index in [9.17, 15) is 0 Å². The van der Waals surface area contributed by atoms with Crippen molar-refractivity contribution in [1.29, 1.82) is 0 Å². The van der Waals surface area contributed by atoms with Gasteiger partial charge in [-0.1, -0.05) is 30.4 Å². The Labute approximate surface area is 72.7 Å². The van der Waals surface area contributed by atoms with Crippen LogP contribution in [0, 0.1) is 0 Å². The summed E-state index contributed by atoms with van der Waals surface area (Å²) in [5, 5.41) is 0. The van der Waals surface area contributed by atoms with Gasteiger partial charge < -0.3 is 4.74 Å². The van der Waals surface area contributed by atoms with Gasteiger partial charge in [-0.2, -0.15) is 0 Å². The molecule has 0 saturated carbocycles. The largest absolute Gasteiger partial charge is 0.493 e. The first-order chi connectivity index (χ1) is 5.97. The highest BCUT2D eigenvalue weighted by atomic mass is 16.5. The highest BCUT2D eigenvalue weighted by Gasteiger charge is 2.01. The minimum atomic E-state index is 0.799. The molecule has 0 bridgehead atoms. The van der Waals surface area contributed by atoms with E-state index in [4.69, 9.17) is 4.74 Å². The summed E-state index contributed by atoms with van der Waals surface area (Å²) in [4.78, 5) is 0. The molecular formula is C11H12O. The van der Waals surface area contributed by atoms with Gasteiger partial charge in [-0.25, -0.2) is 0 Å². The van der Waals surface area contributed by atoms with Crippen LogP contribution in [0.2, 0.25) is 0 Å². The fraction of sp³-hybridized carbons (Fsp3) is 0.273. The molecule has 0 saturated heterocycles. The van der Waals surface area contributed by atoms with Crippen LogP contribution in [-0.2, 0) is 6.42 Å². The minimum Gasteiger partial charge on any atom is -0.493 e. The Morgan fingerprint density at radius 3 is 3.00 bits per heavy atom. The van der Waals surface area contributed by atoms with Crippen molar-refractivity contribution in [3.63, 3.8) is 0 Å². The fourth-order valence-corrected chi connectivity index (χ4v) is 1.38. The van der Waals surface area contributed by atoms with Crippen molar-refractivity contribution < 1.29 is 4.74 Å². The molecule has 62 valence electrons. The second kappa shape index (κ2) is 3.44. The summed E-state index contributed by atoms with van der Waals surface area (Å²) in [6.45, 7) is 0.799. The molecule has 12 heavy (non-hydrogen) atoms. The van der Waals surface area contributed by atoms with Crippen molar-refractivity contribution in [3.05, 3.63) is 42.0 Å². The van der Waals surface area contributed by atoms with Crippen LogP contribution in [0.15, 0.2) is 36.4 Å². The van der Waals surface area contributed by atoms with Crippen molar-refractivity contribution in [3.8, 4) is 5.75 Å². The van der Waals surface area contributed by atoms with Gasteiger partial charge in [0, 0.05) is 0 Å². The lowest BCUT2D eigenvalue weighted by Gasteiger charge is -2.11. The number of rotatable bonds is 0. The normalized spacial score (nSPS) is 18.3. The molecule has 1 aromatic carbocycles. The maximum Gasteiger partial charge on any atom is 0.122 e. The third-order valence-corrected chi connectivity index (χ3v) is 2.02. The average molecular weight is 160 g/mol. The second-order valence-corrected chi connectivity index (χ2v) is 2.92. The first-order valence-electron chi connectivity index (χ1n) is 4.32. The summed E-state index contributed by atoms with van der Waals surface area (Å²) in [6.07, 6.45) is 6.40. The van der Waals surface area contributed by atoms with Gasteiger partial charge in [0.2, 0.25) is 0 Å². The Morgan fingerprint density at radius 1 is 1.08 bits per heavy atom. The summed E-state index contributed by atoms with van der Waals surface area (Å²) >= 11 is 0. The van der Waals surface area contributed by atoms with E-state index in [2.05, 4.69) is 24.3 Å². The van der Waals surface area contributed by atoms with Gasteiger partial charge in [-0.15, -0.1) is 0 Å². The molecule has 0 spiro atoms. The summed E-state index contributed by atoms with van der Waals surface area (Å²) in [6, 6.07) is 8.22. The van der Waals surface area contributed by atoms with E-state index in [0.717, 1.165) is 25.2 Å². The quantitative estimate of drug-likeness (QED) is 0.530. The van der Waals surface area contributed by atoms with E-state index in [1.807, 2.05) is 12.1 Å². The van der Waals surface area contributed by atoms with Gasteiger partial charge >= 0.3 is 0 Å². The van der Waals surface area contributed by atoms with Crippen molar-refractivity contribution in [2.45, 2.75) is 12.8 Å². The molecule has 0 fully saturated rings. The number of allylic oxidation sites excluding steroid dienone is 1. The van der Waals surface area contributed by atoms with E-state index in [-0.39, 0.29) is 0 Å². The number of hydrogen-bond acceptors (Lipinski definition) is 1. The molecule has 0 N–H and O–H groups in total. The highest BCUT2D eigenvalue weighted by molar-refractivity contribution is 5.35. The molecule has 0 atom stereocenters. The van der Waals surface area contributed by atoms with Crippen molar-refractivity contribution in [2.75, 3.05) is 6.61 Å². The molecule has 0 aliphatic carbocycles. The predicted molar refractivity (Wildman–Crippen MR) is 49.4 cm³/mol. The maximum atomic E-state index is 5.58. The lowest BCUT2D eigenvalue weighted by molar-refractivity contribution is 0.320. The Balaban J connectivity index is 2.32. The Morgan fingerprint density at radius 2 is 2.00 bits per heavy atom. The monoisotopic (exact) mass is 160 g/mol. The summed E-state index contributed by atoms with van der Waals surface area (Å²) in [5.74, 6) is 1.04. The maximum absolute atomic E-state index is 5.58. The Hall–Kier alpha value is -1.24. The van der Waals surface area contributed by atoms with Gasteiger partial charge in [0.05, 0.1) is 6.61 Å². The smallest absolute Gasteiger partial charge is 0.122 e. The van der Waals surface area contributed by atoms with Crippen LogP contribution in [0.1, 0.15) is 12.0 Å². The molecule has 0 amide bonds. The molecule has 0 aromatic heterocycles. The average Bonchev–Trinajstić information content (AvgIpc) is 2.06. The predicted octanol–water partition coefficient (Wildman–Crippen LogP) is 2.57. The third kappa shape index (κ3) is 1.50. The van der Waals surface area contributed by atoms with Crippen LogP contribution in [-0.4, -0.2) is 6.61 Å². The SMILES string of the molecule is C1=C\Cc2ccccc2OCC/1. The van der Waals surface area contributed by atoms with Crippen LogP contribution in [0.4, 0.5) is 0 Å². The number of fused-ring (bicyclic) bond motifs is 1. The third-order valence-electron chi connectivity index (χ3n) is 2.02. The molecule has 1 heterocycles. The topological polar surface area (TPSA) is 9.23 Å². The van der Waals surface area contributed by atoms with Gasteiger partial charge in [0.1, 0.15) is 5.75 Å². The van der Waals surface area contributed by atoms with Gasteiger partial charge in [-0.05, 0) is 24.5 Å². The standard InChI is InChI=1S/C11H12O/c1-2-6-10-7-3-4-8-11(10)12-9-5-1/h1-4,7-8H,5-6,9H2/b2-1-. The summed E-state index contributed by atoms with van der Waals surface area (Å²) in [7, 11) is 0. The Bertz CT molecular complexity index is 289. The van der Waals surface area contributed by atoms with Crippen molar-refractivity contribution in [2.24, 2.45) is 0 Å². The van der Waals surface area contributed by atoms with Gasteiger partial charge in [-0.3, -0.25) is 0 Å². The lowest BCUT2D eigenvalue weighted by atomic mass is 10.1. The van der Waals surface area contributed by atoms with Crippen LogP contribution >= 0.6 is 0 Å². The first-order valence-corrected chi connectivity index (χ1v) is 4.32. The molecule has 2 rings (SSSR count). The highest BCUT2D eigenvalue weighted by Crippen LogP contribution is 2.20. The molecular weight excluding hydrogens is 148 g/mol. The van der Waals surface area contributed by atoms with E-state index < -0.39 is 0 Å². The van der Waals surface area contributed by atoms with Crippen molar-refractivity contribution >= 4 is 0 Å². The number of hydrogen-bond donors (Lipinski definition) is 0. The van der Waals surface area contributed by atoms with E-state index >= 15 is 0 Å². The first kappa shape index (κ1) is 7.41. The summed E-state index contributed by atoms with van der Waals surface area (Å²) < 4.78 is 5.58. The van der Waals surface area contributed by atoms with Crippen LogP contribution in [0.3, 0.4) is 0 Å². The lowest BCUT2D eigenvalue weighted by Crippen LogP contribution is -2.00. The van der Waals surface area contributed by atoms with E-state index in [0.29, 0.717) is 0 Å². The van der Waals surface area contributed by atoms with Crippen LogP contribution < -0.4 is 4.74 Å². The van der Waals surface area contributed by atoms with E-state index in [1.54, 1.807) is 0 Å². The minimum absolute atomic E-state index is 0.799. The second-order valence-electron chi connectivity index (χ2n) is 2.92. The molecule has 0 unspecified atom stereocenters. The molecule has 1 nitrogen and oxygen atoms in total. The van der Waals surface area contributed by atoms with Crippen molar-refractivity contribution in [1.82, 2.24) is 0 Å². The molecule has 1 aliphatic rings. The Kier molecular flexibility index (Phi) is 2.12. The zero-order chi connectivity index (χ0) is 8.23.